The Labute approximate surface area is 162 Å². The lowest BCUT2D eigenvalue weighted by Crippen LogP contribution is -2.42. The normalized spacial score (nSPS) is 14.8. The molecule has 1 aliphatic heterocycles. The first kappa shape index (κ1) is 19.8. The first-order valence-electron chi connectivity index (χ1n) is 9.15. The Bertz CT molecular complexity index is 825. The van der Waals surface area contributed by atoms with Gasteiger partial charge in [0.25, 0.3) is 0 Å². The van der Waals surface area contributed by atoms with Crippen LogP contribution in [-0.4, -0.2) is 51.2 Å². The number of rotatable bonds is 5. The molecule has 2 aromatic rings. The molecular weight excluding hydrogens is 367 g/mol. The summed E-state index contributed by atoms with van der Waals surface area (Å²) in [7, 11) is 0. The van der Waals surface area contributed by atoms with Gasteiger partial charge in [-0.05, 0) is 20.8 Å². The highest BCUT2D eigenvalue weighted by atomic mass is 19.1. The average Bonchev–Trinajstić information content (AvgIpc) is 2.66. The third-order valence-electron chi connectivity index (χ3n) is 4.25. The zero-order valence-corrected chi connectivity index (χ0v) is 16.1. The maximum atomic E-state index is 13.8. The molecule has 0 unspecified atom stereocenters. The fraction of sp³-hybridized carbons (Fsp3) is 0.474. The summed E-state index contributed by atoms with van der Waals surface area (Å²) in [6.07, 6.45) is 4.59. The minimum atomic E-state index is -0.580. The van der Waals surface area contributed by atoms with Gasteiger partial charge >= 0.3 is 6.09 Å². The van der Waals surface area contributed by atoms with Gasteiger partial charge < -0.3 is 19.1 Å². The summed E-state index contributed by atoms with van der Waals surface area (Å²) in [5.41, 5.74) is 0.570. The molecule has 0 aliphatic carbocycles. The van der Waals surface area contributed by atoms with Crippen molar-refractivity contribution >= 4 is 6.09 Å². The van der Waals surface area contributed by atoms with Crippen molar-refractivity contribution in [3.63, 3.8) is 0 Å². The molecule has 1 amide bonds. The zero-order valence-electron chi connectivity index (χ0n) is 16.1. The quantitative estimate of drug-likeness (QED) is 0.772. The summed E-state index contributed by atoms with van der Waals surface area (Å²) < 4.78 is 30.5. The summed E-state index contributed by atoms with van der Waals surface area (Å²) in [6.45, 7) is 6.49. The van der Waals surface area contributed by atoms with Crippen molar-refractivity contribution in [1.29, 1.82) is 0 Å². The molecule has 1 fully saturated rings. The van der Waals surface area contributed by atoms with E-state index in [1.165, 1.54) is 18.6 Å². The largest absolute Gasteiger partial charge is 0.474 e. The third-order valence-corrected chi connectivity index (χ3v) is 4.25. The molecule has 3 heterocycles. The number of pyridine rings is 1. The number of halogens is 1. The maximum absolute atomic E-state index is 13.8. The van der Waals surface area contributed by atoms with Crippen molar-refractivity contribution in [3.8, 4) is 17.5 Å². The van der Waals surface area contributed by atoms with E-state index in [0.717, 1.165) is 6.20 Å². The number of carbonyl (C=O) groups is 1. The van der Waals surface area contributed by atoms with E-state index in [-0.39, 0.29) is 29.9 Å². The van der Waals surface area contributed by atoms with Crippen LogP contribution in [0.3, 0.4) is 0 Å². The van der Waals surface area contributed by atoms with Crippen LogP contribution in [0.15, 0.2) is 24.8 Å². The van der Waals surface area contributed by atoms with Crippen LogP contribution in [0.5, 0.6) is 17.5 Å². The number of carbonyl (C=O) groups excluding carboxylic acids is 1. The monoisotopic (exact) mass is 390 g/mol. The summed E-state index contributed by atoms with van der Waals surface area (Å²) in [4.78, 5) is 25.6. The maximum Gasteiger partial charge on any atom is 0.410 e. The standard InChI is InChI=1S/C19H23FN4O4/c1-12(2)26-19(25)24-8-5-14(6-9-24)27-17-13(3)18(23-11-22-17)28-16-4-7-21-10-15(16)20/h4,7,10-12,14H,5-6,8-9H2,1-3H3. The Balaban J connectivity index is 1.61. The fourth-order valence-corrected chi connectivity index (χ4v) is 2.78. The number of aromatic nitrogens is 3. The van der Waals surface area contributed by atoms with E-state index in [2.05, 4.69) is 15.0 Å². The molecule has 1 aliphatic rings. The van der Waals surface area contributed by atoms with Crippen LogP contribution in [0, 0.1) is 12.7 Å². The number of hydrogen-bond acceptors (Lipinski definition) is 7. The fourth-order valence-electron chi connectivity index (χ4n) is 2.78. The first-order valence-corrected chi connectivity index (χ1v) is 9.15. The summed E-state index contributed by atoms with van der Waals surface area (Å²) in [5, 5.41) is 0. The predicted molar refractivity (Wildman–Crippen MR) is 97.9 cm³/mol. The number of amides is 1. The van der Waals surface area contributed by atoms with E-state index in [0.29, 0.717) is 37.4 Å². The molecule has 28 heavy (non-hydrogen) atoms. The Hall–Kier alpha value is -2.97. The van der Waals surface area contributed by atoms with Gasteiger partial charge in [0.05, 0.1) is 17.9 Å². The molecule has 0 bridgehead atoms. The minimum absolute atomic E-state index is 0.0275. The summed E-state index contributed by atoms with van der Waals surface area (Å²) >= 11 is 0. The Morgan fingerprint density at radius 1 is 1.25 bits per heavy atom. The van der Waals surface area contributed by atoms with Gasteiger partial charge in [0.1, 0.15) is 12.4 Å². The van der Waals surface area contributed by atoms with Crippen LogP contribution >= 0.6 is 0 Å². The summed E-state index contributed by atoms with van der Waals surface area (Å²) in [5.74, 6) is 0.0408. The van der Waals surface area contributed by atoms with Crippen LogP contribution in [0.4, 0.5) is 9.18 Å². The van der Waals surface area contributed by atoms with Gasteiger partial charge in [-0.25, -0.2) is 19.2 Å². The number of ether oxygens (including phenoxy) is 3. The van der Waals surface area contributed by atoms with Gasteiger partial charge in [0, 0.05) is 38.2 Å². The van der Waals surface area contributed by atoms with Gasteiger partial charge in [0.15, 0.2) is 11.6 Å². The lowest BCUT2D eigenvalue weighted by Gasteiger charge is -2.31. The topological polar surface area (TPSA) is 86.7 Å². The van der Waals surface area contributed by atoms with Crippen molar-refractivity contribution in [2.45, 2.75) is 45.8 Å². The second-order valence-electron chi connectivity index (χ2n) is 6.75. The number of likely N-dealkylation sites (tertiary alicyclic amines) is 1. The SMILES string of the molecule is Cc1c(Oc2ccncc2F)ncnc1OC1CCN(C(=O)OC(C)C)CC1. The minimum Gasteiger partial charge on any atom is -0.474 e. The molecule has 0 N–H and O–H groups in total. The van der Waals surface area contributed by atoms with E-state index in [1.54, 1.807) is 11.8 Å². The average molecular weight is 390 g/mol. The molecule has 0 spiro atoms. The molecular formula is C19H23FN4O4. The number of nitrogens with zero attached hydrogens (tertiary/aromatic N) is 4. The molecule has 0 aromatic carbocycles. The Morgan fingerprint density at radius 2 is 1.96 bits per heavy atom. The van der Waals surface area contributed by atoms with Crippen LogP contribution < -0.4 is 9.47 Å². The van der Waals surface area contributed by atoms with Crippen molar-refractivity contribution < 1.29 is 23.4 Å². The van der Waals surface area contributed by atoms with Gasteiger partial charge in [-0.15, -0.1) is 0 Å². The van der Waals surface area contributed by atoms with Crippen molar-refractivity contribution in [2.75, 3.05) is 13.1 Å². The molecule has 9 heteroatoms. The van der Waals surface area contributed by atoms with Crippen molar-refractivity contribution in [1.82, 2.24) is 19.9 Å². The smallest absolute Gasteiger partial charge is 0.410 e. The molecule has 3 rings (SSSR count). The lowest BCUT2D eigenvalue weighted by atomic mass is 10.1. The molecule has 8 nitrogen and oxygen atoms in total. The lowest BCUT2D eigenvalue weighted by molar-refractivity contribution is 0.0505. The Kier molecular flexibility index (Phi) is 6.23. The van der Waals surface area contributed by atoms with E-state index >= 15 is 0 Å². The third kappa shape index (κ3) is 4.85. The first-order chi connectivity index (χ1) is 13.4. The molecule has 0 radical (unpaired) electrons. The second-order valence-corrected chi connectivity index (χ2v) is 6.75. The van der Waals surface area contributed by atoms with Crippen LogP contribution in [0.25, 0.3) is 0 Å². The molecule has 2 aromatic heterocycles. The van der Waals surface area contributed by atoms with E-state index in [9.17, 15) is 9.18 Å². The van der Waals surface area contributed by atoms with Crippen molar-refractivity contribution in [3.05, 3.63) is 36.2 Å². The highest BCUT2D eigenvalue weighted by Crippen LogP contribution is 2.30. The van der Waals surface area contributed by atoms with Gasteiger partial charge in [0.2, 0.25) is 11.8 Å². The van der Waals surface area contributed by atoms with E-state index < -0.39 is 5.82 Å². The van der Waals surface area contributed by atoms with Crippen LogP contribution in [0.2, 0.25) is 0 Å². The molecule has 0 atom stereocenters. The highest BCUT2D eigenvalue weighted by molar-refractivity contribution is 5.67. The zero-order chi connectivity index (χ0) is 20.1. The van der Waals surface area contributed by atoms with E-state index in [1.807, 2.05) is 13.8 Å². The van der Waals surface area contributed by atoms with E-state index in [4.69, 9.17) is 14.2 Å². The number of piperidine rings is 1. The van der Waals surface area contributed by atoms with Crippen molar-refractivity contribution in [2.24, 2.45) is 0 Å². The Morgan fingerprint density at radius 3 is 2.64 bits per heavy atom. The predicted octanol–water partition coefficient (Wildman–Crippen LogP) is 3.50. The molecule has 0 saturated carbocycles. The second kappa shape index (κ2) is 8.81. The van der Waals surface area contributed by atoms with Gasteiger partial charge in [-0.1, -0.05) is 0 Å². The number of hydrogen-bond donors (Lipinski definition) is 0. The molecule has 1 saturated heterocycles. The van der Waals surface area contributed by atoms with Gasteiger partial charge in [-0.3, -0.25) is 4.98 Å². The van der Waals surface area contributed by atoms with Crippen LogP contribution in [0.1, 0.15) is 32.3 Å². The highest BCUT2D eigenvalue weighted by Gasteiger charge is 2.26. The summed E-state index contributed by atoms with van der Waals surface area (Å²) in [6, 6.07) is 1.42. The molecule has 150 valence electrons. The van der Waals surface area contributed by atoms with Crippen LogP contribution in [-0.2, 0) is 4.74 Å². The van der Waals surface area contributed by atoms with Gasteiger partial charge in [-0.2, -0.15) is 0 Å².